The highest BCUT2D eigenvalue weighted by atomic mass is 16.2. The molecule has 0 aromatic rings. The highest BCUT2D eigenvalue weighted by Gasteiger charge is 2.22. The average molecular weight is 265 g/mol. The Kier molecular flexibility index (Phi) is 6.94. The third-order valence-corrected chi connectivity index (χ3v) is 3.54. The molecule has 0 unspecified atom stereocenters. The molecule has 0 spiro atoms. The van der Waals surface area contributed by atoms with Crippen LogP contribution >= 0.6 is 0 Å². The molecule has 2 amide bonds. The summed E-state index contributed by atoms with van der Waals surface area (Å²) in [6.45, 7) is 4.19. The second kappa shape index (κ2) is 8.52. The normalized spacial score (nSPS) is 15.9. The van der Waals surface area contributed by atoms with E-state index in [1.165, 1.54) is 0 Å². The van der Waals surface area contributed by atoms with E-state index in [2.05, 4.69) is 12.2 Å². The van der Waals surface area contributed by atoms with Crippen LogP contribution in [0.15, 0.2) is 0 Å². The number of nitriles is 1. The lowest BCUT2D eigenvalue weighted by molar-refractivity contribution is -0.131. The van der Waals surface area contributed by atoms with Crippen LogP contribution in [-0.2, 0) is 9.59 Å². The Bertz CT molecular complexity index is 341. The quantitative estimate of drug-likeness (QED) is 0.790. The molecule has 106 valence electrons. The number of likely N-dealkylation sites (tertiary alicyclic amines) is 1. The van der Waals surface area contributed by atoms with Crippen LogP contribution in [0.1, 0.15) is 45.4 Å². The fourth-order valence-corrected chi connectivity index (χ4v) is 2.25. The summed E-state index contributed by atoms with van der Waals surface area (Å²) >= 11 is 0. The fourth-order valence-electron chi connectivity index (χ4n) is 2.25. The van der Waals surface area contributed by atoms with Crippen molar-refractivity contribution in [3.63, 3.8) is 0 Å². The van der Waals surface area contributed by atoms with Gasteiger partial charge in [-0.2, -0.15) is 5.26 Å². The summed E-state index contributed by atoms with van der Waals surface area (Å²) in [6, 6.07) is 1.89. The third kappa shape index (κ3) is 5.73. The van der Waals surface area contributed by atoms with Crippen molar-refractivity contribution in [2.45, 2.75) is 45.4 Å². The zero-order valence-electron chi connectivity index (χ0n) is 11.7. The lowest BCUT2D eigenvalue weighted by Crippen LogP contribution is -2.41. The number of amides is 2. The summed E-state index contributed by atoms with van der Waals surface area (Å²) in [7, 11) is 0. The second-order valence-electron chi connectivity index (χ2n) is 5.07. The van der Waals surface area contributed by atoms with Crippen LogP contribution in [0.2, 0.25) is 0 Å². The van der Waals surface area contributed by atoms with Gasteiger partial charge in [0.2, 0.25) is 11.8 Å². The smallest absolute Gasteiger partial charge is 0.236 e. The predicted octanol–water partition coefficient (Wildman–Crippen LogP) is 1.45. The lowest BCUT2D eigenvalue weighted by Gasteiger charge is -2.31. The van der Waals surface area contributed by atoms with Crippen LogP contribution in [0.3, 0.4) is 0 Å². The number of carbonyl (C=O) groups excluding carboxylic acids is 2. The van der Waals surface area contributed by atoms with Crippen LogP contribution in [0.5, 0.6) is 0 Å². The number of hydrogen-bond acceptors (Lipinski definition) is 3. The maximum atomic E-state index is 11.5. The van der Waals surface area contributed by atoms with E-state index < -0.39 is 0 Å². The molecular formula is C14H23N3O2. The summed E-state index contributed by atoms with van der Waals surface area (Å²) in [5, 5.41) is 11.5. The lowest BCUT2D eigenvalue weighted by atomic mass is 9.96. The van der Waals surface area contributed by atoms with Gasteiger partial charge in [-0.25, -0.2) is 0 Å². The summed E-state index contributed by atoms with van der Waals surface area (Å²) in [6.07, 6.45) is 4.37. The summed E-state index contributed by atoms with van der Waals surface area (Å²) in [5.41, 5.74) is 0. The Labute approximate surface area is 115 Å². The molecule has 0 saturated carbocycles. The standard InChI is InChI=1S/C14H23N3O2/c1-2-3-4-13(18)16-11-12-6-9-17(10-7-12)14(19)5-8-15/h12H,2-7,9-11H2,1H3,(H,16,18). The van der Waals surface area contributed by atoms with Crippen LogP contribution in [-0.4, -0.2) is 36.3 Å². The zero-order valence-corrected chi connectivity index (χ0v) is 11.7. The maximum absolute atomic E-state index is 11.5. The molecule has 0 atom stereocenters. The molecule has 0 radical (unpaired) electrons. The molecule has 1 rings (SSSR count). The van der Waals surface area contributed by atoms with Crippen molar-refractivity contribution >= 4 is 11.8 Å². The van der Waals surface area contributed by atoms with E-state index in [4.69, 9.17) is 5.26 Å². The first-order chi connectivity index (χ1) is 9.17. The summed E-state index contributed by atoms with van der Waals surface area (Å²) in [5.74, 6) is 0.509. The van der Waals surface area contributed by atoms with E-state index in [1.807, 2.05) is 6.07 Å². The van der Waals surface area contributed by atoms with Crippen LogP contribution in [0.25, 0.3) is 0 Å². The van der Waals surface area contributed by atoms with Gasteiger partial charge in [-0.3, -0.25) is 9.59 Å². The minimum Gasteiger partial charge on any atom is -0.356 e. The molecule has 5 heteroatoms. The van der Waals surface area contributed by atoms with Crippen molar-refractivity contribution in [1.82, 2.24) is 10.2 Å². The van der Waals surface area contributed by atoms with E-state index in [0.717, 1.165) is 25.7 Å². The molecule has 5 nitrogen and oxygen atoms in total. The first kappa shape index (κ1) is 15.5. The first-order valence-electron chi connectivity index (χ1n) is 7.08. The Morgan fingerprint density at radius 2 is 2.05 bits per heavy atom. The van der Waals surface area contributed by atoms with Crippen molar-refractivity contribution in [3.8, 4) is 6.07 Å². The van der Waals surface area contributed by atoms with Crippen molar-refractivity contribution in [3.05, 3.63) is 0 Å². The van der Waals surface area contributed by atoms with Gasteiger partial charge in [-0.1, -0.05) is 13.3 Å². The Balaban J connectivity index is 2.18. The molecule has 1 heterocycles. The third-order valence-electron chi connectivity index (χ3n) is 3.54. The molecule has 1 saturated heterocycles. The number of carbonyl (C=O) groups is 2. The molecule has 19 heavy (non-hydrogen) atoms. The minimum absolute atomic E-state index is 0.0293. The van der Waals surface area contributed by atoms with Gasteiger partial charge in [0.1, 0.15) is 6.42 Å². The Morgan fingerprint density at radius 3 is 2.63 bits per heavy atom. The largest absolute Gasteiger partial charge is 0.356 e. The van der Waals surface area contributed by atoms with E-state index in [1.54, 1.807) is 4.90 Å². The van der Waals surface area contributed by atoms with Crippen LogP contribution in [0.4, 0.5) is 0 Å². The topological polar surface area (TPSA) is 73.2 Å². The number of nitrogens with one attached hydrogen (secondary N) is 1. The highest BCUT2D eigenvalue weighted by molar-refractivity contribution is 5.78. The number of hydrogen-bond donors (Lipinski definition) is 1. The van der Waals surface area contributed by atoms with Gasteiger partial charge in [0.05, 0.1) is 6.07 Å². The van der Waals surface area contributed by atoms with Crippen LogP contribution in [0, 0.1) is 17.2 Å². The van der Waals surface area contributed by atoms with Crippen molar-refractivity contribution < 1.29 is 9.59 Å². The molecule has 0 bridgehead atoms. The van der Waals surface area contributed by atoms with E-state index in [0.29, 0.717) is 32.0 Å². The van der Waals surface area contributed by atoms with Crippen molar-refractivity contribution in [2.75, 3.05) is 19.6 Å². The van der Waals surface area contributed by atoms with Crippen molar-refractivity contribution in [2.24, 2.45) is 5.92 Å². The Hall–Kier alpha value is -1.57. The Morgan fingerprint density at radius 1 is 1.37 bits per heavy atom. The van der Waals surface area contributed by atoms with Gasteiger partial charge < -0.3 is 10.2 Å². The molecule has 1 N–H and O–H groups in total. The van der Waals surface area contributed by atoms with E-state index >= 15 is 0 Å². The average Bonchev–Trinajstić information content (AvgIpc) is 2.43. The van der Waals surface area contributed by atoms with E-state index in [9.17, 15) is 9.59 Å². The van der Waals surface area contributed by atoms with Gasteiger partial charge >= 0.3 is 0 Å². The summed E-state index contributed by atoms with van der Waals surface area (Å²) in [4.78, 5) is 24.8. The molecule has 0 aliphatic carbocycles. The SMILES string of the molecule is CCCCC(=O)NCC1CCN(C(=O)CC#N)CC1. The molecule has 1 fully saturated rings. The van der Waals surface area contributed by atoms with Gasteiger partial charge in [0, 0.05) is 26.1 Å². The van der Waals surface area contributed by atoms with E-state index in [-0.39, 0.29) is 18.2 Å². The monoisotopic (exact) mass is 265 g/mol. The molecular weight excluding hydrogens is 242 g/mol. The molecule has 1 aliphatic rings. The van der Waals surface area contributed by atoms with Gasteiger partial charge in [0.25, 0.3) is 0 Å². The van der Waals surface area contributed by atoms with Crippen molar-refractivity contribution in [1.29, 1.82) is 5.26 Å². The first-order valence-corrected chi connectivity index (χ1v) is 7.08. The second-order valence-corrected chi connectivity index (χ2v) is 5.07. The number of rotatable bonds is 6. The highest BCUT2D eigenvalue weighted by Crippen LogP contribution is 2.17. The predicted molar refractivity (Wildman–Crippen MR) is 72.1 cm³/mol. The number of nitrogens with zero attached hydrogens (tertiary/aromatic N) is 2. The van der Waals surface area contributed by atoms with Crippen LogP contribution < -0.4 is 5.32 Å². The molecule has 1 aliphatic heterocycles. The molecule has 0 aromatic heterocycles. The number of unbranched alkanes of at least 4 members (excludes halogenated alkanes) is 1. The van der Waals surface area contributed by atoms with Gasteiger partial charge in [-0.15, -0.1) is 0 Å². The zero-order chi connectivity index (χ0) is 14.1. The minimum atomic E-state index is -0.0760. The summed E-state index contributed by atoms with van der Waals surface area (Å²) < 4.78 is 0. The maximum Gasteiger partial charge on any atom is 0.236 e. The van der Waals surface area contributed by atoms with Gasteiger partial charge in [0.15, 0.2) is 0 Å². The fraction of sp³-hybridized carbons (Fsp3) is 0.786. The van der Waals surface area contributed by atoms with Gasteiger partial charge in [-0.05, 0) is 25.2 Å². The molecule has 0 aromatic carbocycles. The number of piperidine rings is 1.